The van der Waals surface area contributed by atoms with E-state index in [0.717, 1.165) is 11.3 Å². The van der Waals surface area contributed by atoms with Gasteiger partial charge in [-0.3, -0.25) is 0 Å². The molecule has 0 aromatic heterocycles. The Balaban J connectivity index is 2.83. The van der Waals surface area contributed by atoms with Crippen molar-refractivity contribution in [3.63, 3.8) is 0 Å². The lowest BCUT2D eigenvalue weighted by Crippen LogP contribution is -1.92. The Bertz CT molecular complexity index is 221. The summed E-state index contributed by atoms with van der Waals surface area (Å²) in [4.78, 5) is 0. The van der Waals surface area contributed by atoms with E-state index < -0.39 is 0 Å². The van der Waals surface area contributed by atoms with Crippen LogP contribution in [0.25, 0.3) is 0 Å². The second-order valence-electron chi connectivity index (χ2n) is 2.13. The molecule has 2 heteroatoms. The third-order valence-electron chi connectivity index (χ3n) is 1.45. The van der Waals surface area contributed by atoms with E-state index in [1.165, 1.54) is 0 Å². The first kappa shape index (κ1) is 8.08. The van der Waals surface area contributed by atoms with Crippen LogP contribution in [0.4, 0.5) is 0 Å². The van der Waals surface area contributed by atoms with Crippen LogP contribution in [-0.4, -0.2) is 18.8 Å². The predicted molar refractivity (Wildman–Crippen MR) is 43.5 cm³/mol. The fourth-order valence-corrected chi connectivity index (χ4v) is 0.933. The molecule has 0 saturated carbocycles. The van der Waals surface area contributed by atoms with Gasteiger partial charge in [0.25, 0.3) is 0 Å². The predicted octanol–water partition coefficient (Wildman–Crippen LogP) is 1.24. The highest BCUT2D eigenvalue weighted by Crippen LogP contribution is 2.18. The molecule has 1 N–H and O–H groups in total. The number of benzene rings is 1. The van der Waals surface area contributed by atoms with Crippen LogP contribution >= 0.6 is 0 Å². The van der Waals surface area contributed by atoms with Gasteiger partial charge in [-0.2, -0.15) is 0 Å². The van der Waals surface area contributed by atoms with Crippen LogP contribution in [0.5, 0.6) is 5.75 Å². The zero-order valence-electron chi connectivity index (χ0n) is 6.45. The molecule has 0 bridgehead atoms. The van der Waals surface area contributed by atoms with Crippen molar-refractivity contribution in [2.24, 2.45) is 0 Å². The third-order valence-corrected chi connectivity index (χ3v) is 1.45. The summed E-state index contributed by atoms with van der Waals surface area (Å²) in [5.41, 5.74) is 0.928. The van der Waals surface area contributed by atoms with Gasteiger partial charge in [0, 0.05) is 12.0 Å². The molecule has 1 rings (SSSR count). The zero-order valence-corrected chi connectivity index (χ0v) is 6.45. The molecule has 0 atom stereocenters. The minimum absolute atomic E-state index is 0.0420. The molecule has 11 heavy (non-hydrogen) atoms. The molecule has 2 nitrogen and oxygen atoms in total. The van der Waals surface area contributed by atoms with E-state index in [0.29, 0.717) is 0 Å². The van der Waals surface area contributed by atoms with Crippen molar-refractivity contribution >= 4 is 0 Å². The second kappa shape index (κ2) is 3.98. The second-order valence-corrected chi connectivity index (χ2v) is 2.13. The third kappa shape index (κ3) is 1.95. The number of aliphatic hydroxyl groups excluding tert-OH is 1. The topological polar surface area (TPSA) is 29.5 Å². The Morgan fingerprint density at radius 1 is 1.45 bits per heavy atom. The van der Waals surface area contributed by atoms with Crippen molar-refractivity contribution in [3.05, 3.63) is 36.2 Å². The largest absolute Gasteiger partial charge is 0.496 e. The number of hydrogen-bond donors (Lipinski definition) is 1. The highest BCUT2D eigenvalue weighted by molar-refractivity contribution is 5.38. The summed E-state index contributed by atoms with van der Waals surface area (Å²) >= 11 is 0. The molecule has 1 aromatic carbocycles. The Morgan fingerprint density at radius 3 is 2.82 bits per heavy atom. The highest BCUT2D eigenvalue weighted by Gasteiger charge is 1.98. The van der Waals surface area contributed by atoms with Gasteiger partial charge in [0.15, 0.2) is 0 Å². The Kier molecular flexibility index (Phi) is 2.93. The molecule has 0 aliphatic rings. The molecule has 0 heterocycles. The molecular formula is C9H11O2. The number of ether oxygens (including phenoxy) is 1. The molecule has 0 fully saturated rings. The summed E-state index contributed by atoms with van der Waals surface area (Å²) in [6.07, 6.45) is 1.71. The first-order valence-corrected chi connectivity index (χ1v) is 3.45. The van der Waals surface area contributed by atoms with E-state index in [4.69, 9.17) is 9.84 Å². The molecule has 0 aliphatic carbocycles. The van der Waals surface area contributed by atoms with Crippen LogP contribution in [0.2, 0.25) is 0 Å². The fraction of sp³-hybridized carbons (Fsp3) is 0.222. The van der Waals surface area contributed by atoms with Crippen molar-refractivity contribution in [1.29, 1.82) is 0 Å². The van der Waals surface area contributed by atoms with Gasteiger partial charge in [-0.15, -0.1) is 0 Å². The first-order chi connectivity index (χ1) is 5.38. The van der Waals surface area contributed by atoms with Gasteiger partial charge in [-0.1, -0.05) is 18.2 Å². The number of aliphatic hydroxyl groups is 1. The number of para-hydroxylation sites is 1. The summed E-state index contributed by atoms with van der Waals surface area (Å²) < 4.78 is 5.06. The highest BCUT2D eigenvalue weighted by atomic mass is 16.5. The molecule has 0 amide bonds. The van der Waals surface area contributed by atoms with Gasteiger partial charge in [0.2, 0.25) is 0 Å². The van der Waals surface area contributed by atoms with Gasteiger partial charge in [0.05, 0.1) is 13.7 Å². The Hall–Kier alpha value is -1.02. The summed E-state index contributed by atoms with van der Waals surface area (Å²) in [6.45, 7) is 0.0420. The average molecular weight is 151 g/mol. The van der Waals surface area contributed by atoms with Crippen LogP contribution in [0.1, 0.15) is 5.56 Å². The van der Waals surface area contributed by atoms with Crippen molar-refractivity contribution in [3.8, 4) is 5.75 Å². The van der Waals surface area contributed by atoms with Crippen LogP contribution in [0.3, 0.4) is 0 Å². The van der Waals surface area contributed by atoms with Gasteiger partial charge in [0.1, 0.15) is 5.75 Å². The lowest BCUT2D eigenvalue weighted by Gasteiger charge is -2.04. The number of hydrogen-bond acceptors (Lipinski definition) is 2. The Labute approximate surface area is 66.4 Å². The first-order valence-electron chi connectivity index (χ1n) is 3.45. The summed E-state index contributed by atoms with van der Waals surface area (Å²) in [6, 6.07) is 7.56. The van der Waals surface area contributed by atoms with Crippen molar-refractivity contribution in [2.45, 2.75) is 0 Å². The van der Waals surface area contributed by atoms with E-state index in [-0.39, 0.29) is 6.61 Å². The SMILES string of the molecule is COc1ccccc1[CH]CO. The number of rotatable bonds is 3. The standard InChI is InChI=1S/C9H11O2/c1-11-9-5-3-2-4-8(9)6-7-10/h2-6,10H,7H2,1H3. The Morgan fingerprint density at radius 2 is 2.18 bits per heavy atom. The van der Waals surface area contributed by atoms with Crippen LogP contribution in [-0.2, 0) is 0 Å². The maximum Gasteiger partial charge on any atom is 0.122 e. The van der Waals surface area contributed by atoms with Crippen molar-refractivity contribution in [1.82, 2.24) is 0 Å². The molecule has 1 radical (unpaired) electrons. The maximum absolute atomic E-state index is 8.63. The van der Waals surface area contributed by atoms with Crippen LogP contribution < -0.4 is 4.74 Å². The maximum atomic E-state index is 8.63. The molecule has 0 unspecified atom stereocenters. The summed E-state index contributed by atoms with van der Waals surface area (Å²) in [5, 5.41) is 8.63. The van der Waals surface area contributed by atoms with Gasteiger partial charge < -0.3 is 9.84 Å². The minimum atomic E-state index is 0.0420. The van der Waals surface area contributed by atoms with E-state index in [1.807, 2.05) is 24.3 Å². The van der Waals surface area contributed by atoms with Gasteiger partial charge in [-0.05, 0) is 6.07 Å². The summed E-state index contributed by atoms with van der Waals surface area (Å²) in [7, 11) is 1.62. The molecule has 0 saturated heterocycles. The van der Waals surface area contributed by atoms with E-state index in [9.17, 15) is 0 Å². The van der Waals surface area contributed by atoms with Crippen molar-refractivity contribution < 1.29 is 9.84 Å². The molecule has 1 aromatic rings. The fourth-order valence-electron chi connectivity index (χ4n) is 0.933. The van der Waals surface area contributed by atoms with E-state index >= 15 is 0 Å². The minimum Gasteiger partial charge on any atom is -0.496 e. The molecular weight excluding hydrogens is 140 g/mol. The van der Waals surface area contributed by atoms with Gasteiger partial charge >= 0.3 is 0 Å². The van der Waals surface area contributed by atoms with Crippen LogP contribution in [0.15, 0.2) is 24.3 Å². The molecule has 59 valence electrons. The monoisotopic (exact) mass is 151 g/mol. The van der Waals surface area contributed by atoms with Gasteiger partial charge in [-0.25, -0.2) is 0 Å². The van der Waals surface area contributed by atoms with E-state index in [1.54, 1.807) is 13.5 Å². The lowest BCUT2D eigenvalue weighted by atomic mass is 10.1. The van der Waals surface area contributed by atoms with Crippen molar-refractivity contribution in [2.75, 3.05) is 13.7 Å². The summed E-state index contributed by atoms with van der Waals surface area (Å²) in [5.74, 6) is 0.793. The molecule has 0 spiro atoms. The number of methoxy groups -OCH3 is 1. The smallest absolute Gasteiger partial charge is 0.122 e. The normalized spacial score (nSPS) is 9.64. The van der Waals surface area contributed by atoms with E-state index in [2.05, 4.69) is 0 Å². The quantitative estimate of drug-likeness (QED) is 0.704. The average Bonchev–Trinajstić information content (AvgIpc) is 2.06. The van der Waals surface area contributed by atoms with Crippen LogP contribution in [0, 0.1) is 6.42 Å². The zero-order chi connectivity index (χ0) is 8.10. The molecule has 0 aliphatic heterocycles. The lowest BCUT2D eigenvalue weighted by molar-refractivity contribution is 0.329.